The van der Waals surface area contributed by atoms with Crippen LogP contribution in [0.25, 0.3) is 0 Å². The van der Waals surface area contributed by atoms with Gasteiger partial charge in [-0.3, -0.25) is 4.79 Å². The van der Waals surface area contributed by atoms with Gasteiger partial charge < -0.3 is 5.32 Å². The molecule has 1 amide bonds. The molecule has 0 aliphatic heterocycles. The van der Waals surface area contributed by atoms with E-state index >= 15 is 0 Å². The van der Waals surface area contributed by atoms with E-state index in [0.29, 0.717) is 17.3 Å². The zero-order valence-corrected chi connectivity index (χ0v) is 17.0. The van der Waals surface area contributed by atoms with Crippen LogP contribution in [0, 0.1) is 40.4 Å². The number of nitrogens with one attached hydrogen (secondary N) is 1. The van der Waals surface area contributed by atoms with Crippen LogP contribution in [0.4, 0.5) is 5.00 Å². The Labute approximate surface area is 161 Å². The van der Waals surface area contributed by atoms with Crippen molar-refractivity contribution in [1.82, 2.24) is 0 Å². The molecule has 4 atom stereocenters. The molecular weight excluding hydrogens is 340 g/mol. The second-order valence-corrected chi connectivity index (χ2v) is 10.5. The minimum absolute atomic E-state index is 0.165. The third kappa shape index (κ3) is 2.99. The van der Waals surface area contributed by atoms with Crippen LogP contribution >= 0.6 is 11.3 Å². The summed E-state index contributed by atoms with van der Waals surface area (Å²) in [6.45, 7) is 6.99. The zero-order valence-electron chi connectivity index (χ0n) is 16.2. The van der Waals surface area contributed by atoms with Gasteiger partial charge in [0.25, 0.3) is 0 Å². The molecule has 1 aromatic rings. The highest BCUT2D eigenvalue weighted by Crippen LogP contribution is 2.49. The number of rotatable bonds is 4. The molecular formula is C22H30N2OS. The SMILES string of the molecule is CCC(C)(C)C1CCc2c(sc(NC(=O)C3CC4CCC3C4)c2C#N)C1. The molecule has 1 aromatic heterocycles. The number of hydrogen-bond donors (Lipinski definition) is 1. The second kappa shape index (κ2) is 6.68. The molecule has 3 aliphatic carbocycles. The van der Waals surface area contributed by atoms with E-state index in [-0.39, 0.29) is 11.8 Å². The summed E-state index contributed by atoms with van der Waals surface area (Å²) in [5.41, 5.74) is 2.29. The summed E-state index contributed by atoms with van der Waals surface area (Å²) in [6.07, 6.45) is 9.17. The Morgan fingerprint density at radius 1 is 1.31 bits per heavy atom. The average molecular weight is 371 g/mol. The Hall–Kier alpha value is -1.34. The number of fused-ring (bicyclic) bond motifs is 3. The number of thiophene rings is 1. The predicted octanol–water partition coefficient (Wildman–Crippen LogP) is 5.54. The zero-order chi connectivity index (χ0) is 18.5. The molecule has 0 aromatic carbocycles. The van der Waals surface area contributed by atoms with Crippen LogP contribution in [-0.4, -0.2) is 5.91 Å². The first kappa shape index (κ1) is 18.0. The molecule has 2 saturated carbocycles. The van der Waals surface area contributed by atoms with Crippen molar-refractivity contribution in [2.45, 2.75) is 72.1 Å². The molecule has 1 N–H and O–H groups in total. The lowest BCUT2D eigenvalue weighted by atomic mass is 9.69. The molecule has 140 valence electrons. The molecule has 2 fully saturated rings. The quantitative estimate of drug-likeness (QED) is 0.757. The standard InChI is InChI=1S/C22H30N2OS/c1-4-22(2,3)15-7-8-16-18(12-23)21(26-19(16)11-15)24-20(25)17-10-13-5-6-14(17)9-13/h13-15,17H,4-11H2,1-3H3,(H,24,25). The Morgan fingerprint density at radius 3 is 2.73 bits per heavy atom. The fourth-order valence-electron chi connectivity index (χ4n) is 5.52. The molecule has 1 heterocycles. The summed E-state index contributed by atoms with van der Waals surface area (Å²) in [6, 6.07) is 2.40. The van der Waals surface area contributed by atoms with E-state index in [1.807, 2.05) is 0 Å². The Bertz CT molecular complexity index is 757. The minimum Gasteiger partial charge on any atom is -0.316 e. The van der Waals surface area contributed by atoms with E-state index in [0.717, 1.165) is 42.2 Å². The Balaban J connectivity index is 1.53. The average Bonchev–Trinajstić information content (AvgIpc) is 3.34. The molecule has 2 bridgehead atoms. The number of carbonyl (C=O) groups excluding carboxylic acids is 1. The predicted molar refractivity (Wildman–Crippen MR) is 106 cm³/mol. The van der Waals surface area contributed by atoms with E-state index in [9.17, 15) is 10.1 Å². The maximum absolute atomic E-state index is 12.8. The number of amides is 1. The molecule has 3 aliphatic rings. The lowest BCUT2D eigenvalue weighted by molar-refractivity contribution is -0.121. The molecule has 0 saturated heterocycles. The summed E-state index contributed by atoms with van der Waals surface area (Å²) in [4.78, 5) is 14.2. The van der Waals surface area contributed by atoms with Crippen LogP contribution in [0.2, 0.25) is 0 Å². The van der Waals surface area contributed by atoms with Gasteiger partial charge >= 0.3 is 0 Å². The summed E-state index contributed by atoms with van der Waals surface area (Å²) in [5.74, 6) is 2.35. The van der Waals surface area contributed by atoms with Gasteiger partial charge in [-0.05, 0) is 67.3 Å². The van der Waals surface area contributed by atoms with E-state index < -0.39 is 0 Å². The third-order valence-electron chi connectivity index (χ3n) is 7.71. The highest BCUT2D eigenvalue weighted by molar-refractivity contribution is 7.16. The van der Waals surface area contributed by atoms with Crippen molar-refractivity contribution in [3.05, 3.63) is 16.0 Å². The maximum atomic E-state index is 12.8. The van der Waals surface area contributed by atoms with Crippen LogP contribution in [-0.2, 0) is 17.6 Å². The fourth-order valence-corrected chi connectivity index (χ4v) is 6.80. The lowest BCUT2D eigenvalue weighted by Crippen LogP contribution is -2.28. The number of carbonyl (C=O) groups is 1. The monoisotopic (exact) mass is 370 g/mol. The van der Waals surface area contributed by atoms with Crippen molar-refractivity contribution in [2.75, 3.05) is 5.32 Å². The van der Waals surface area contributed by atoms with E-state index in [1.54, 1.807) is 11.3 Å². The molecule has 4 heteroatoms. The molecule has 4 rings (SSSR count). The van der Waals surface area contributed by atoms with Crippen LogP contribution in [0.5, 0.6) is 0 Å². The van der Waals surface area contributed by atoms with Crippen LogP contribution < -0.4 is 5.32 Å². The smallest absolute Gasteiger partial charge is 0.228 e. The van der Waals surface area contributed by atoms with Gasteiger partial charge in [0.2, 0.25) is 5.91 Å². The molecule has 0 radical (unpaired) electrons. The van der Waals surface area contributed by atoms with Crippen molar-refractivity contribution in [2.24, 2.45) is 29.1 Å². The largest absolute Gasteiger partial charge is 0.316 e. The number of nitrogens with zero attached hydrogens (tertiary/aromatic N) is 1. The van der Waals surface area contributed by atoms with Gasteiger partial charge in [0.1, 0.15) is 11.1 Å². The normalized spacial score (nSPS) is 30.1. The van der Waals surface area contributed by atoms with E-state index in [4.69, 9.17) is 0 Å². The van der Waals surface area contributed by atoms with Gasteiger partial charge in [0.05, 0.1) is 5.56 Å². The Kier molecular flexibility index (Phi) is 4.63. The van der Waals surface area contributed by atoms with Gasteiger partial charge in [0, 0.05) is 10.8 Å². The summed E-state index contributed by atoms with van der Waals surface area (Å²) >= 11 is 1.67. The lowest BCUT2D eigenvalue weighted by Gasteiger charge is -2.36. The van der Waals surface area contributed by atoms with Gasteiger partial charge in [-0.25, -0.2) is 0 Å². The van der Waals surface area contributed by atoms with E-state index in [2.05, 4.69) is 32.2 Å². The minimum atomic E-state index is 0.165. The first-order valence-electron chi connectivity index (χ1n) is 10.3. The van der Waals surface area contributed by atoms with Crippen LogP contribution in [0.1, 0.15) is 75.3 Å². The molecule has 0 spiro atoms. The maximum Gasteiger partial charge on any atom is 0.228 e. The molecule has 3 nitrogen and oxygen atoms in total. The van der Waals surface area contributed by atoms with Crippen LogP contribution in [0.3, 0.4) is 0 Å². The number of hydrogen-bond acceptors (Lipinski definition) is 3. The van der Waals surface area contributed by atoms with Gasteiger partial charge in [0.15, 0.2) is 0 Å². The number of anilines is 1. The van der Waals surface area contributed by atoms with E-state index in [1.165, 1.54) is 36.1 Å². The first-order chi connectivity index (χ1) is 12.4. The highest BCUT2D eigenvalue weighted by atomic mass is 32.1. The van der Waals surface area contributed by atoms with Crippen molar-refractivity contribution >= 4 is 22.2 Å². The topological polar surface area (TPSA) is 52.9 Å². The Morgan fingerprint density at radius 2 is 2.12 bits per heavy atom. The van der Waals surface area contributed by atoms with Gasteiger partial charge in [-0.1, -0.05) is 33.6 Å². The highest BCUT2D eigenvalue weighted by Gasteiger charge is 2.43. The summed E-state index contributed by atoms with van der Waals surface area (Å²) < 4.78 is 0. The van der Waals surface area contributed by atoms with Crippen molar-refractivity contribution in [3.63, 3.8) is 0 Å². The first-order valence-corrected chi connectivity index (χ1v) is 11.1. The van der Waals surface area contributed by atoms with Crippen molar-refractivity contribution < 1.29 is 4.79 Å². The van der Waals surface area contributed by atoms with Gasteiger partial charge in [-0.2, -0.15) is 5.26 Å². The summed E-state index contributed by atoms with van der Waals surface area (Å²) in [7, 11) is 0. The van der Waals surface area contributed by atoms with Crippen molar-refractivity contribution in [3.8, 4) is 6.07 Å². The second-order valence-electron chi connectivity index (χ2n) is 9.37. The van der Waals surface area contributed by atoms with Crippen LogP contribution in [0.15, 0.2) is 0 Å². The molecule has 26 heavy (non-hydrogen) atoms. The van der Waals surface area contributed by atoms with Gasteiger partial charge in [-0.15, -0.1) is 11.3 Å². The molecule has 4 unspecified atom stereocenters. The third-order valence-corrected chi connectivity index (χ3v) is 8.87. The fraction of sp³-hybridized carbons (Fsp3) is 0.727. The van der Waals surface area contributed by atoms with Crippen molar-refractivity contribution in [1.29, 1.82) is 5.26 Å². The number of nitriles is 1. The summed E-state index contributed by atoms with van der Waals surface area (Å²) in [5, 5.41) is 13.7.